The number of fused-ring (bicyclic) bond motifs is 1. The number of rotatable bonds is 3. The lowest BCUT2D eigenvalue weighted by Gasteiger charge is -1.99. The van der Waals surface area contributed by atoms with Crippen LogP contribution in [0.4, 0.5) is 5.95 Å². The van der Waals surface area contributed by atoms with Crippen molar-refractivity contribution in [2.24, 2.45) is 0 Å². The van der Waals surface area contributed by atoms with Gasteiger partial charge in [-0.25, -0.2) is 4.52 Å². The third kappa shape index (κ3) is 2.39. The number of nitrogens with zero attached hydrogens (tertiary/aromatic N) is 3. The van der Waals surface area contributed by atoms with Crippen molar-refractivity contribution in [3.05, 3.63) is 34.7 Å². The number of nitrogens with one attached hydrogen (secondary N) is 1. The molecule has 0 fully saturated rings. The Morgan fingerprint density at radius 1 is 1.40 bits per heavy atom. The Labute approximate surface area is 124 Å². The molecule has 3 aromatic rings. The molecule has 0 aliphatic carbocycles. The summed E-state index contributed by atoms with van der Waals surface area (Å²) >= 11 is 7.36. The molecule has 5 nitrogen and oxygen atoms in total. The fraction of sp³-hybridized carbons (Fsp3) is 0.154. The lowest BCUT2D eigenvalue weighted by Crippen LogP contribution is -2.10. The van der Waals surface area contributed by atoms with Gasteiger partial charge in [0.25, 0.3) is 0 Å². The smallest absolute Gasteiger partial charge is 0.250 e. The van der Waals surface area contributed by atoms with Crippen LogP contribution < -0.4 is 5.32 Å². The molecule has 0 saturated heterocycles. The second kappa shape index (κ2) is 5.22. The highest BCUT2D eigenvalue weighted by Gasteiger charge is 2.12. The van der Waals surface area contributed by atoms with Crippen LogP contribution in [0.5, 0.6) is 0 Å². The first kappa shape index (κ1) is 13.1. The van der Waals surface area contributed by atoms with Crippen LogP contribution >= 0.6 is 22.9 Å². The van der Waals surface area contributed by atoms with E-state index in [0.29, 0.717) is 17.4 Å². The van der Waals surface area contributed by atoms with E-state index < -0.39 is 0 Å². The number of hydrogen-bond acceptors (Lipinski definition) is 4. The molecule has 0 unspecified atom stereocenters. The van der Waals surface area contributed by atoms with E-state index in [2.05, 4.69) is 15.4 Å². The van der Waals surface area contributed by atoms with E-state index in [4.69, 9.17) is 11.6 Å². The van der Waals surface area contributed by atoms with E-state index in [0.717, 1.165) is 16.2 Å². The van der Waals surface area contributed by atoms with Gasteiger partial charge in [0.15, 0.2) is 0 Å². The summed E-state index contributed by atoms with van der Waals surface area (Å²) in [5.74, 6) is 0.232. The maximum absolute atomic E-state index is 11.4. The van der Waals surface area contributed by atoms with Crippen molar-refractivity contribution >= 4 is 39.8 Å². The van der Waals surface area contributed by atoms with E-state index in [1.165, 1.54) is 11.3 Å². The Kier molecular flexibility index (Phi) is 3.42. The zero-order valence-electron chi connectivity index (χ0n) is 10.6. The summed E-state index contributed by atoms with van der Waals surface area (Å²) in [6.45, 7) is 1.78. The molecule has 0 aliphatic rings. The third-order valence-corrected chi connectivity index (χ3v) is 3.86. The molecule has 0 atom stereocenters. The number of hydrogen-bond donors (Lipinski definition) is 1. The van der Waals surface area contributed by atoms with Crippen LogP contribution in [0, 0.1) is 0 Å². The molecular weight excluding hydrogens is 296 g/mol. The van der Waals surface area contributed by atoms with Crippen LogP contribution in [0.3, 0.4) is 0 Å². The summed E-state index contributed by atoms with van der Waals surface area (Å²) in [6, 6.07) is 7.51. The Balaban J connectivity index is 2.00. The maximum Gasteiger partial charge on any atom is 0.250 e. The highest BCUT2D eigenvalue weighted by Crippen LogP contribution is 2.26. The number of carbonyl (C=O) groups is 1. The Bertz CT molecular complexity index is 762. The second-order valence-electron chi connectivity index (χ2n) is 4.16. The molecule has 2 aromatic heterocycles. The zero-order chi connectivity index (χ0) is 14.1. The van der Waals surface area contributed by atoms with Gasteiger partial charge in [0, 0.05) is 22.4 Å². The lowest BCUT2D eigenvalue weighted by molar-refractivity contribution is -0.115. The summed E-state index contributed by atoms with van der Waals surface area (Å²) in [5.41, 5.74) is 1.92. The van der Waals surface area contributed by atoms with Crippen LogP contribution in [-0.4, -0.2) is 20.5 Å². The van der Waals surface area contributed by atoms with E-state index in [1.807, 2.05) is 29.6 Å². The zero-order valence-corrected chi connectivity index (χ0v) is 12.2. The molecule has 1 amide bonds. The Hall–Kier alpha value is -1.92. The van der Waals surface area contributed by atoms with Crippen LogP contribution in [0.2, 0.25) is 5.02 Å². The fourth-order valence-corrected chi connectivity index (χ4v) is 2.72. The van der Waals surface area contributed by atoms with Crippen molar-refractivity contribution in [3.8, 4) is 11.3 Å². The number of carbonyl (C=O) groups excluding carboxylic acids is 1. The second-order valence-corrected chi connectivity index (χ2v) is 5.43. The van der Waals surface area contributed by atoms with E-state index in [9.17, 15) is 4.79 Å². The standard InChI is InChI=1S/C13H11ClN4OS/c1-2-11(19)15-12-16-13-18(17-12)10(7-20-13)8-3-5-9(14)6-4-8/h3-7H,2H2,1H3,(H,15,17,19). The maximum atomic E-state index is 11.4. The van der Waals surface area contributed by atoms with Crippen LogP contribution in [-0.2, 0) is 4.79 Å². The molecule has 0 radical (unpaired) electrons. The van der Waals surface area contributed by atoms with Gasteiger partial charge in [0.1, 0.15) is 0 Å². The average Bonchev–Trinajstić information content (AvgIpc) is 2.99. The molecule has 3 rings (SSSR count). The highest BCUT2D eigenvalue weighted by atomic mass is 35.5. The third-order valence-electron chi connectivity index (χ3n) is 2.79. The monoisotopic (exact) mass is 306 g/mol. The van der Waals surface area contributed by atoms with E-state index in [1.54, 1.807) is 11.4 Å². The van der Waals surface area contributed by atoms with Crippen molar-refractivity contribution < 1.29 is 4.79 Å². The number of thiazole rings is 1. The lowest BCUT2D eigenvalue weighted by atomic mass is 10.2. The van der Waals surface area contributed by atoms with Gasteiger partial charge in [0.2, 0.25) is 16.8 Å². The highest BCUT2D eigenvalue weighted by molar-refractivity contribution is 7.15. The van der Waals surface area contributed by atoms with Gasteiger partial charge in [-0.1, -0.05) is 30.7 Å². The first-order chi connectivity index (χ1) is 9.67. The van der Waals surface area contributed by atoms with Crippen molar-refractivity contribution in [1.82, 2.24) is 14.6 Å². The van der Waals surface area contributed by atoms with Crippen molar-refractivity contribution in [2.45, 2.75) is 13.3 Å². The molecule has 0 saturated carbocycles. The van der Waals surface area contributed by atoms with Gasteiger partial charge in [-0.05, 0) is 12.1 Å². The first-order valence-corrected chi connectivity index (χ1v) is 7.33. The summed E-state index contributed by atoms with van der Waals surface area (Å²) in [4.78, 5) is 16.4. The largest absolute Gasteiger partial charge is 0.293 e. The van der Waals surface area contributed by atoms with Crippen LogP contribution in [0.25, 0.3) is 16.2 Å². The minimum Gasteiger partial charge on any atom is -0.293 e. The van der Waals surface area contributed by atoms with Crippen LogP contribution in [0.1, 0.15) is 13.3 Å². The average molecular weight is 307 g/mol. The van der Waals surface area contributed by atoms with Crippen LogP contribution in [0.15, 0.2) is 29.6 Å². The van der Waals surface area contributed by atoms with Gasteiger partial charge >= 0.3 is 0 Å². The Morgan fingerprint density at radius 2 is 2.15 bits per heavy atom. The number of aromatic nitrogens is 3. The molecule has 0 aliphatic heterocycles. The molecule has 20 heavy (non-hydrogen) atoms. The molecular formula is C13H11ClN4OS. The minimum absolute atomic E-state index is 0.101. The normalized spacial score (nSPS) is 10.9. The minimum atomic E-state index is -0.101. The summed E-state index contributed by atoms with van der Waals surface area (Å²) < 4.78 is 1.72. The molecule has 1 N–H and O–H groups in total. The van der Waals surface area contributed by atoms with E-state index >= 15 is 0 Å². The number of amides is 1. The predicted molar refractivity (Wildman–Crippen MR) is 80.2 cm³/mol. The van der Waals surface area contributed by atoms with E-state index in [-0.39, 0.29) is 5.91 Å². The van der Waals surface area contributed by atoms with Crippen molar-refractivity contribution in [2.75, 3.05) is 5.32 Å². The van der Waals surface area contributed by atoms with Gasteiger partial charge < -0.3 is 0 Å². The first-order valence-electron chi connectivity index (χ1n) is 6.07. The molecule has 0 bridgehead atoms. The fourth-order valence-electron chi connectivity index (χ4n) is 1.77. The topological polar surface area (TPSA) is 59.3 Å². The molecule has 2 heterocycles. The Morgan fingerprint density at radius 3 is 2.85 bits per heavy atom. The SMILES string of the molecule is CCC(=O)Nc1nc2scc(-c3ccc(Cl)cc3)n2n1. The number of anilines is 1. The summed E-state index contributed by atoms with van der Waals surface area (Å²) in [6.07, 6.45) is 0.400. The molecule has 102 valence electrons. The van der Waals surface area contributed by atoms with Crippen molar-refractivity contribution in [3.63, 3.8) is 0 Å². The summed E-state index contributed by atoms with van der Waals surface area (Å²) in [7, 11) is 0. The van der Waals surface area contributed by atoms with Gasteiger partial charge in [-0.2, -0.15) is 4.98 Å². The van der Waals surface area contributed by atoms with Gasteiger partial charge in [0.05, 0.1) is 5.69 Å². The quantitative estimate of drug-likeness (QED) is 0.806. The molecule has 7 heteroatoms. The molecule has 1 aromatic carbocycles. The predicted octanol–water partition coefficient (Wildman–Crippen LogP) is 3.46. The van der Waals surface area contributed by atoms with Crippen molar-refractivity contribution in [1.29, 1.82) is 0 Å². The summed E-state index contributed by atoms with van der Waals surface area (Å²) in [5, 5.41) is 9.63. The van der Waals surface area contributed by atoms with Gasteiger partial charge in [-0.3, -0.25) is 10.1 Å². The number of benzene rings is 1. The van der Waals surface area contributed by atoms with Gasteiger partial charge in [-0.15, -0.1) is 16.4 Å². The number of halogens is 1. The molecule has 0 spiro atoms.